The highest BCUT2D eigenvalue weighted by atomic mass is 32.2. The van der Waals surface area contributed by atoms with E-state index >= 15 is 0 Å². The third kappa shape index (κ3) is 3.47. The van der Waals surface area contributed by atoms with Crippen LogP contribution in [0.4, 0.5) is 5.69 Å². The van der Waals surface area contributed by atoms with Gasteiger partial charge in [-0.2, -0.15) is 0 Å². The van der Waals surface area contributed by atoms with Gasteiger partial charge in [0.05, 0.1) is 4.91 Å². The standard InChI is InChI=1S/C16H20N2OS2/c1-4-17(5-2)13-9-7-12(8-10-13)11-14-15(19)18(6-3)16(20)21-14/h7-11H,4-6H2,1-3H3. The molecule has 0 aliphatic carbocycles. The summed E-state index contributed by atoms with van der Waals surface area (Å²) in [6.07, 6.45) is 1.92. The molecule has 1 fully saturated rings. The lowest BCUT2D eigenvalue weighted by atomic mass is 10.1. The molecule has 112 valence electrons. The SMILES string of the molecule is CCN1C(=O)C(=Cc2ccc(N(CC)CC)cc2)SC1=S. The molecule has 0 unspecified atom stereocenters. The lowest BCUT2D eigenvalue weighted by molar-refractivity contribution is -0.121. The molecule has 0 spiro atoms. The molecule has 0 saturated carbocycles. The van der Waals surface area contributed by atoms with Gasteiger partial charge in [0, 0.05) is 25.3 Å². The predicted molar refractivity (Wildman–Crippen MR) is 95.6 cm³/mol. The summed E-state index contributed by atoms with van der Waals surface area (Å²) in [5, 5.41) is 0. The lowest BCUT2D eigenvalue weighted by Crippen LogP contribution is -2.27. The van der Waals surface area contributed by atoms with E-state index in [2.05, 4.69) is 30.9 Å². The van der Waals surface area contributed by atoms with Crippen LogP contribution in [0.1, 0.15) is 26.3 Å². The van der Waals surface area contributed by atoms with Gasteiger partial charge in [0.15, 0.2) is 0 Å². The molecule has 1 saturated heterocycles. The van der Waals surface area contributed by atoms with Crippen LogP contribution < -0.4 is 4.90 Å². The molecule has 0 aromatic heterocycles. The van der Waals surface area contributed by atoms with Crippen molar-refractivity contribution in [3.05, 3.63) is 34.7 Å². The van der Waals surface area contributed by atoms with Crippen molar-refractivity contribution in [3.63, 3.8) is 0 Å². The maximum Gasteiger partial charge on any atom is 0.266 e. The van der Waals surface area contributed by atoms with Crippen LogP contribution in [0.3, 0.4) is 0 Å². The molecule has 21 heavy (non-hydrogen) atoms. The Kier molecular flexibility index (Phi) is 5.42. The van der Waals surface area contributed by atoms with Crippen LogP contribution in [0.15, 0.2) is 29.2 Å². The Morgan fingerprint density at radius 1 is 1.19 bits per heavy atom. The first-order chi connectivity index (χ1) is 10.1. The molecule has 0 atom stereocenters. The minimum absolute atomic E-state index is 0.0142. The maximum absolute atomic E-state index is 12.2. The number of rotatable bonds is 5. The average molecular weight is 320 g/mol. The normalized spacial score (nSPS) is 16.9. The summed E-state index contributed by atoms with van der Waals surface area (Å²) in [6, 6.07) is 8.29. The van der Waals surface area contributed by atoms with Crippen molar-refractivity contribution in [3.8, 4) is 0 Å². The van der Waals surface area contributed by atoms with E-state index in [1.54, 1.807) is 4.90 Å². The lowest BCUT2D eigenvalue weighted by Gasteiger charge is -2.20. The van der Waals surface area contributed by atoms with Crippen LogP contribution >= 0.6 is 24.0 Å². The van der Waals surface area contributed by atoms with Crippen LogP contribution in [-0.4, -0.2) is 34.8 Å². The van der Waals surface area contributed by atoms with Crippen molar-refractivity contribution in [1.82, 2.24) is 4.90 Å². The third-order valence-corrected chi connectivity index (χ3v) is 4.89. The van der Waals surface area contributed by atoms with Crippen LogP contribution in [0, 0.1) is 0 Å². The summed E-state index contributed by atoms with van der Waals surface area (Å²) in [4.78, 5) is 16.8. The van der Waals surface area contributed by atoms with Gasteiger partial charge in [-0.3, -0.25) is 9.69 Å². The summed E-state index contributed by atoms with van der Waals surface area (Å²) in [7, 11) is 0. The van der Waals surface area contributed by atoms with Crippen LogP contribution in [-0.2, 0) is 4.79 Å². The summed E-state index contributed by atoms with van der Waals surface area (Å²) < 4.78 is 0.647. The van der Waals surface area contributed by atoms with E-state index < -0.39 is 0 Å². The summed E-state index contributed by atoms with van der Waals surface area (Å²) >= 11 is 6.60. The number of likely N-dealkylation sites (N-methyl/N-ethyl adjacent to an activating group) is 1. The fourth-order valence-electron chi connectivity index (χ4n) is 2.29. The zero-order valence-corrected chi connectivity index (χ0v) is 14.3. The van der Waals surface area contributed by atoms with E-state index in [1.165, 1.54) is 17.4 Å². The van der Waals surface area contributed by atoms with Crippen LogP contribution in [0.25, 0.3) is 6.08 Å². The molecule has 0 N–H and O–H groups in total. The van der Waals surface area contributed by atoms with Gasteiger partial charge >= 0.3 is 0 Å². The van der Waals surface area contributed by atoms with Gasteiger partial charge < -0.3 is 4.90 Å². The fraction of sp³-hybridized carbons (Fsp3) is 0.375. The van der Waals surface area contributed by atoms with Gasteiger partial charge in [0.1, 0.15) is 4.32 Å². The topological polar surface area (TPSA) is 23.6 Å². The first-order valence-electron chi connectivity index (χ1n) is 7.21. The first kappa shape index (κ1) is 16.0. The molecule has 0 bridgehead atoms. The third-order valence-electron chi connectivity index (χ3n) is 3.51. The fourth-order valence-corrected chi connectivity index (χ4v) is 3.68. The number of anilines is 1. The Bertz CT molecular complexity index is 562. The minimum atomic E-state index is 0.0142. The minimum Gasteiger partial charge on any atom is -0.372 e. The van der Waals surface area contributed by atoms with E-state index in [0.29, 0.717) is 15.8 Å². The molecule has 5 heteroatoms. The van der Waals surface area contributed by atoms with Gasteiger partial charge in [-0.05, 0) is 44.5 Å². The Morgan fingerprint density at radius 2 is 1.81 bits per heavy atom. The molecule has 3 nitrogen and oxygen atoms in total. The van der Waals surface area contributed by atoms with Gasteiger partial charge in [-0.25, -0.2) is 0 Å². The Balaban J connectivity index is 2.19. The number of carbonyl (C=O) groups excluding carboxylic acids is 1. The number of amides is 1. The highest BCUT2D eigenvalue weighted by Gasteiger charge is 2.30. The number of hydrogen-bond acceptors (Lipinski definition) is 4. The van der Waals surface area contributed by atoms with E-state index in [-0.39, 0.29) is 5.91 Å². The molecule has 1 aliphatic rings. The van der Waals surface area contributed by atoms with Crippen LogP contribution in [0.2, 0.25) is 0 Å². The van der Waals surface area contributed by atoms with Gasteiger partial charge in [0.25, 0.3) is 5.91 Å². The Labute approximate surface area is 136 Å². The zero-order chi connectivity index (χ0) is 15.4. The molecule has 1 aliphatic heterocycles. The van der Waals surface area contributed by atoms with Crippen molar-refractivity contribution >= 4 is 46.0 Å². The Hall–Kier alpha value is -1.33. The largest absolute Gasteiger partial charge is 0.372 e. The van der Waals surface area contributed by atoms with Gasteiger partial charge in [-0.15, -0.1) is 0 Å². The second-order valence-electron chi connectivity index (χ2n) is 4.69. The smallest absolute Gasteiger partial charge is 0.266 e. The molecule has 1 aromatic rings. The molecule has 1 amide bonds. The maximum atomic E-state index is 12.2. The summed E-state index contributed by atoms with van der Waals surface area (Å²) in [6.45, 7) is 8.84. The second kappa shape index (κ2) is 7.09. The zero-order valence-electron chi connectivity index (χ0n) is 12.6. The summed E-state index contributed by atoms with van der Waals surface area (Å²) in [5.41, 5.74) is 2.24. The number of thioether (sulfide) groups is 1. The van der Waals surface area contributed by atoms with Gasteiger partial charge in [-0.1, -0.05) is 36.1 Å². The second-order valence-corrected chi connectivity index (χ2v) is 6.37. The number of nitrogens with zero attached hydrogens (tertiary/aromatic N) is 2. The van der Waals surface area contributed by atoms with Crippen molar-refractivity contribution in [1.29, 1.82) is 0 Å². The van der Waals surface area contributed by atoms with Crippen LogP contribution in [0.5, 0.6) is 0 Å². The van der Waals surface area contributed by atoms with Crippen molar-refractivity contribution in [2.45, 2.75) is 20.8 Å². The van der Waals surface area contributed by atoms with Crippen molar-refractivity contribution < 1.29 is 4.79 Å². The summed E-state index contributed by atoms with van der Waals surface area (Å²) in [5.74, 6) is 0.0142. The van der Waals surface area contributed by atoms with Gasteiger partial charge in [0.2, 0.25) is 0 Å². The van der Waals surface area contributed by atoms with E-state index in [9.17, 15) is 4.79 Å². The predicted octanol–water partition coefficient (Wildman–Crippen LogP) is 3.75. The monoisotopic (exact) mass is 320 g/mol. The highest BCUT2D eigenvalue weighted by molar-refractivity contribution is 8.26. The first-order valence-corrected chi connectivity index (χ1v) is 8.43. The number of carbonyl (C=O) groups is 1. The molecule has 1 aromatic carbocycles. The van der Waals surface area contributed by atoms with E-state index in [1.807, 2.05) is 25.1 Å². The van der Waals surface area contributed by atoms with Crippen molar-refractivity contribution in [2.24, 2.45) is 0 Å². The number of benzene rings is 1. The van der Waals surface area contributed by atoms with E-state index in [0.717, 1.165) is 18.7 Å². The molecule has 1 heterocycles. The molecular weight excluding hydrogens is 300 g/mol. The number of thiocarbonyl (C=S) groups is 1. The molecule has 0 radical (unpaired) electrons. The molecular formula is C16H20N2OS2. The quantitative estimate of drug-likeness (QED) is 0.609. The molecule has 2 rings (SSSR count). The Morgan fingerprint density at radius 3 is 2.29 bits per heavy atom. The average Bonchev–Trinajstić information content (AvgIpc) is 2.76. The van der Waals surface area contributed by atoms with Crippen molar-refractivity contribution in [2.75, 3.05) is 24.5 Å². The number of hydrogen-bond donors (Lipinski definition) is 0. The van der Waals surface area contributed by atoms with E-state index in [4.69, 9.17) is 12.2 Å². The highest BCUT2D eigenvalue weighted by Crippen LogP contribution is 2.32.